The minimum atomic E-state index is -3.97. The van der Waals surface area contributed by atoms with Crippen molar-refractivity contribution in [2.45, 2.75) is 44.2 Å². The van der Waals surface area contributed by atoms with Crippen LogP contribution in [0.2, 0.25) is 0 Å². The summed E-state index contributed by atoms with van der Waals surface area (Å²) in [6.45, 7) is 4.58. The molecule has 0 bridgehead atoms. The SMILES string of the molecule is COC(=O)c1ccc(S(=O)(=O)N(Cc2cc3cc(C)c(C)cc3[nH]c2=O)CC2CCCO2)cc1. The number of methoxy groups -OCH3 is 1. The first kappa shape index (κ1) is 24.1. The van der Waals surface area contributed by atoms with Crippen LogP contribution in [-0.4, -0.2) is 50.0 Å². The quantitative estimate of drug-likeness (QED) is 0.516. The maximum atomic E-state index is 13.6. The first-order chi connectivity index (χ1) is 16.2. The van der Waals surface area contributed by atoms with Crippen molar-refractivity contribution in [1.29, 1.82) is 0 Å². The van der Waals surface area contributed by atoms with E-state index in [-0.39, 0.29) is 35.2 Å². The molecule has 1 unspecified atom stereocenters. The molecule has 0 radical (unpaired) electrons. The number of nitrogens with one attached hydrogen (secondary N) is 1. The lowest BCUT2D eigenvalue weighted by Gasteiger charge is -2.25. The Morgan fingerprint density at radius 2 is 1.85 bits per heavy atom. The number of fused-ring (bicyclic) bond motifs is 1. The van der Waals surface area contributed by atoms with Gasteiger partial charge >= 0.3 is 5.97 Å². The minimum Gasteiger partial charge on any atom is -0.465 e. The lowest BCUT2D eigenvalue weighted by Crippen LogP contribution is -2.38. The molecule has 4 rings (SSSR count). The number of aromatic amines is 1. The van der Waals surface area contributed by atoms with Crippen LogP contribution in [0.5, 0.6) is 0 Å². The summed E-state index contributed by atoms with van der Waals surface area (Å²) in [5.41, 5.74) is 3.13. The van der Waals surface area contributed by atoms with E-state index in [1.165, 1.54) is 35.7 Å². The van der Waals surface area contributed by atoms with E-state index >= 15 is 0 Å². The molecule has 9 heteroatoms. The molecule has 0 saturated carbocycles. The Hall–Kier alpha value is -3.01. The number of benzene rings is 2. The van der Waals surface area contributed by atoms with Gasteiger partial charge < -0.3 is 14.5 Å². The zero-order valence-corrected chi connectivity index (χ0v) is 20.3. The van der Waals surface area contributed by atoms with Crippen LogP contribution in [0.15, 0.2) is 52.2 Å². The highest BCUT2D eigenvalue weighted by atomic mass is 32.2. The van der Waals surface area contributed by atoms with Gasteiger partial charge in [-0.05, 0) is 85.7 Å². The van der Waals surface area contributed by atoms with Crippen LogP contribution in [0.1, 0.15) is 39.9 Å². The van der Waals surface area contributed by atoms with E-state index in [9.17, 15) is 18.0 Å². The van der Waals surface area contributed by atoms with Crippen molar-refractivity contribution in [2.75, 3.05) is 20.3 Å². The number of hydrogen-bond donors (Lipinski definition) is 1. The van der Waals surface area contributed by atoms with Crippen LogP contribution in [0.4, 0.5) is 0 Å². The van der Waals surface area contributed by atoms with Crippen molar-refractivity contribution >= 4 is 26.9 Å². The normalized spacial score (nSPS) is 16.3. The van der Waals surface area contributed by atoms with Gasteiger partial charge in [0, 0.05) is 30.8 Å². The van der Waals surface area contributed by atoms with Gasteiger partial charge in [-0.3, -0.25) is 4.79 Å². The third-order valence-electron chi connectivity index (χ3n) is 6.23. The number of pyridine rings is 1. The summed E-state index contributed by atoms with van der Waals surface area (Å²) in [6.07, 6.45) is 1.37. The Balaban J connectivity index is 1.71. The van der Waals surface area contributed by atoms with E-state index in [4.69, 9.17) is 4.74 Å². The molecule has 1 aliphatic heterocycles. The number of aromatic nitrogens is 1. The van der Waals surface area contributed by atoms with Crippen LogP contribution in [0.3, 0.4) is 0 Å². The molecule has 1 fully saturated rings. The number of aryl methyl sites for hydroxylation is 2. The maximum absolute atomic E-state index is 13.6. The fourth-order valence-corrected chi connectivity index (χ4v) is 5.57. The lowest BCUT2D eigenvalue weighted by molar-refractivity contribution is 0.0600. The predicted molar refractivity (Wildman–Crippen MR) is 128 cm³/mol. The summed E-state index contributed by atoms with van der Waals surface area (Å²) in [6, 6.07) is 11.2. The van der Waals surface area contributed by atoms with Crippen molar-refractivity contribution in [3.63, 3.8) is 0 Å². The standard InChI is InChI=1S/C25H28N2O6S/c1-16-11-19-13-20(24(28)26-23(19)12-17(16)2)14-27(15-21-5-4-10-33-21)34(30,31)22-8-6-18(7-9-22)25(29)32-3/h6-9,11-13,21H,4-5,10,14-15H2,1-3H3,(H,26,28). The first-order valence-electron chi connectivity index (χ1n) is 11.1. The molecule has 0 spiro atoms. The van der Waals surface area contributed by atoms with E-state index in [0.29, 0.717) is 17.7 Å². The lowest BCUT2D eigenvalue weighted by atomic mass is 10.0. The molecule has 1 aliphatic rings. The summed E-state index contributed by atoms with van der Waals surface area (Å²) in [7, 11) is -2.71. The molecular formula is C25H28N2O6S. The van der Waals surface area contributed by atoms with Gasteiger partial charge in [-0.15, -0.1) is 0 Å². The number of carbonyl (C=O) groups excluding carboxylic acids is 1. The van der Waals surface area contributed by atoms with E-state index in [2.05, 4.69) is 9.72 Å². The van der Waals surface area contributed by atoms with Crippen LogP contribution in [0, 0.1) is 13.8 Å². The molecule has 1 saturated heterocycles. The Kier molecular flexibility index (Phi) is 6.88. The van der Waals surface area contributed by atoms with E-state index in [1.807, 2.05) is 26.0 Å². The monoisotopic (exact) mass is 484 g/mol. The maximum Gasteiger partial charge on any atom is 0.337 e. The van der Waals surface area contributed by atoms with Gasteiger partial charge in [-0.2, -0.15) is 4.31 Å². The Morgan fingerprint density at radius 1 is 1.15 bits per heavy atom. The van der Waals surface area contributed by atoms with Gasteiger partial charge in [-0.1, -0.05) is 0 Å². The van der Waals surface area contributed by atoms with Gasteiger partial charge in [-0.25, -0.2) is 13.2 Å². The number of ether oxygens (including phenoxy) is 2. The van der Waals surface area contributed by atoms with Gasteiger partial charge in [0.1, 0.15) is 0 Å². The summed E-state index contributed by atoms with van der Waals surface area (Å²) in [5, 5.41) is 0.842. The Morgan fingerprint density at radius 3 is 2.50 bits per heavy atom. The molecule has 8 nitrogen and oxygen atoms in total. The van der Waals surface area contributed by atoms with Gasteiger partial charge in [0.25, 0.3) is 5.56 Å². The molecule has 3 aromatic rings. The van der Waals surface area contributed by atoms with Crippen molar-refractivity contribution < 1.29 is 22.7 Å². The van der Waals surface area contributed by atoms with Crippen molar-refractivity contribution in [1.82, 2.24) is 9.29 Å². The molecule has 1 N–H and O–H groups in total. The zero-order chi connectivity index (χ0) is 24.5. The summed E-state index contributed by atoms with van der Waals surface area (Å²) in [4.78, 5) is 27.5. The number of H-pyrrole nitrogens is 1. The fraction of sp³-hybridized carbons (Fsp3) is 0.360. The van der Waals surface area contributed by atoms with E-state index in [1.54, 1.807) is 6.07 Å². The predicted octanol–water partition coefficient (Wildman–Crippen LogP) is 3.30. The molecule has 2 aromatic carbocycles. The van der Waals surface area contributed by atoms with Gasteiger partial charge in [0.2, 0.25) is 10.0 Å². The molecule has 1 atom stereocenters. The van der Waals surface area contributed by atoms with E-state index < -0.39 is 16.0 Å². The van der Waals surface area contributed by atoms with Crippen LogP contribution in [0.25, 0.3) is 10.9 Å². The largest absolute Gasteiger partial charge is 0.465 e. The van der Waals surface area contributed by atoms with Crippen LogP contribution in [-0.2, 0) is 26.0 Å². The number of hydrogen-bond acceptors (Lipinski definition) is 6. The molecular weight excluding hydrogens is 456 g/mol. The Bertz CT molecular complexity index is 1370. The smallest absolute Gasteiger partial charge is 0.337 e. The summed E-state index contributed by atoms with van der Waals surface area (Å²) < 4.78 is 38.8. The number of nitrogens with zero attached hydrogens (tertiary/aromatic N) is 1. The average molecular weight is 485 g/mol. The Labute approximate surface area is 198 Å². The summed E-state index contributed by atoms with van der Waals surface area (Å²) >= 11 is 0. The molecule has 180 valence electrons. The fourth-order valence-electron chi connectivity index (χ4n) is 4.12. The van der Waals surface area contributed by atoms with Crippen molar-refractivity contribution in [3.8, 4) is 0 Å². The van der Waals surface area contributed by atoms with Crippen molar-refractivity contribution in [2.24, 2.45) is 0 Å². The number of carbonyl (C=O) groups is 1. The zero-order valence-electron chi connectivity index (χ0n) is 19.5. The second kappa shape index (κ2) is 9.69. The van der Waals surface area contributed by atoms with Crippen LogP contribution >= 0.6 is 0 Å². The number of sulfonamides is 1. The van der Waals surface area contributed by atoms with Gasteiger partial charge in [0.05, 0.1) is 23.7 Å². The minimum absolute atomic E-state index is 0.0295. The highest BCUT2D eigenvalue weighted by Crippen LogP contribution is 2.24. The third kappa shape index (κ3) is 4.91. The average Bonchev–Trinajstić information content (AvgIpc) is 3.33. The highest BCUT2D eigenvalue weighted by Gasteiger charge is 2.30. The van der Waals surface area contributed by atoms with Gasteiger partial charge in [0.15, 0.2) is 0 Å². The number of rotatable bonds is 7. The second-order valence-corrected chi connectivity index (χ2v) is 10.5. The first-order valence-corrected chi connectivity index (χ1v) is 12.6. The van der Waals surface area contributed by atoms with Crippen LogP contribution < -0.4 is 5.56 Å². The summed E-state index contributed by atoms with van der Waals surface area (Å²) in [5.74, 6) is -0.548. The second-order valence-electron chi connectivity index (χ2n) is 8.60. The molecule has 0 amide bonds. The molecule has 0 aliphatic carbocycles. The molecule has 1 aromatic heterocycles. The molecule has 34 heavy (non-hydrogen) atoms. The van der Waals surface area contributed by atoms with Crippen molar-refractivity contribution in [3.05, 3.63) is 75.1 Å². The van der Waals surface area contributed by atoms with E-state index in [0.717, 1.165) is 29.4 Å². The third-order valence-corrected chi connectivity index (χ3v) is 8.05. The highest BCUT2D eigenvalue weighted by molar-refractivity contribution is 7.89. The topological polar surface area (TPSA) is 106 Å². The number of esters is 1. The molecule has 2 heterocycles.